The number of hydrogen-bond acceptors (Lipinski definition) is 4. The van der Waals surface area contributed by atoms with Crippen LogP contribution in [0, 0.1) is 12.7 Å². The Morgan fingerprint density at radius 3 is 2.44 bits per heavy atom. The summed E-state index contributed by atoms with van der Waals surface area (Å²) in [5, 5.41) is 2.77. The highest BCUT2D eigenvalue weighted by molar-refractivity contribution is 5.94. The van der Waals surface area contributed by atoms with Crippen molar-refractivity contribution in [2.75, 3.05) is 52.1 Å². The number of nitrogens with zero attached hydrogens (tertiary/aromatic N) is 3. The molecule has 0 radical (unpaired) electrons. The topological polar surface area (TPSA) is 55.9 Å². The van der Waals surface area contributed by atoms with Gasteiger partial charge in [0.25, 0.3) is 0 Å². The molecule has 0 aliphatic carbocycles. The summed E-state index contributed by atoms with van der Waals surface area (Å²) in [5.41, 5.74) is 1.02. The molecule has 1 aromatic rings. The lowest BCUT2D eigenvalue weighted by Gasteiger charge is -2.37. The number of amides is 2. The maximum Gasteiger partial charge on any atom is 0.241 e. The van der Waals surface area contributed by atoms with Gasteiger partial charge in [0.1, 0.15) is 5.82 Å². The zero-order chi connectivity index (χ0) is 18.6. The first-order valence-corrected chi connectivity index (χ1v) is 8.51. The van der Waals surface area contributed by atoms with E-state index in [-0.39, 0.29) is 23.7 Å². The van der Waals surface area contributed by atoms with Crippen molar-refractivity contribution in [3.63, 3.8) is 0 Å². The lowest BCUT2D eigenvalue weighted by atomic mass is 10.2. The molecule has 0 aromatic heterocycles. The molecule has 2 amide bonds. The van der Waals surface area contributed by atoms with Crippen molar-refractivity contribution in [3.8, 4) is 0 Å². The van der Waals surface area contributed by atoms with E-state index in [1.54, 1.807) is 38.1 Å². The van der Waals surface area contributed by atoms with E-state index < -0.39 is 0 Å². The number of carbonyl (C=O) groups is 2. The van der Waals surface area contributed by atoms with Crippen molar-refractivity contribution in [2.45, 2.75) is 19.9 Å². The van der Waals surface area contributed by atoms with E-state index in [4.69, 9.17) is 0 Å². The second-order valence-electron chi connectivity index (χ2n) is 6.73. The largest absolute Gasteiger partial charge is 0.348 e. The van der Waals surface area contributed by atoms with Gasteiger partial charge in [0.15, 0.2) is 0 Å². The van der Waals surface area contributed by atoms with Gasteiger partial charge >= 0.3 is 0 Å². The first kappa shape index (κ1) is 19.3. The molecule has 1 saturated heterocycles. The Kier molecular flexibility index (Phi) is 6.50. The van der Waals surface area contributed by atoms with Gasteiger partial charge in [-0.3, -0.25) is 19.4 Å². The molecule has 0 bridgehead atoms. The van der Waals surface area contributed by atoms with E-state index in [1.165, 1.54) is 6.07 Å². The molecule has 1 N–H and O–H groups in total. The van der Waals surface area contributed by atoms with Crippen molar-refractivity contribution < 1.29 is 14.0 Å². The third-order valence-electron chi connectivity index (χ3n) is 4.63. The molecule has 2 rings (SSSR count). The fourth-order valence-electron chi connectivity index (χ4n) is 2.72. The van der Waals surface area contributed by atoms with E-state index >= 15 is 0 Å². The lowest BCUT2D eigenvalue weighted by Crippen LogP contribution is -2.54. The Morgan fingerprint density at radius 1 is 1.24 bits per heavy atom. The fourth-order valence-corrected chi connectivity index (χ4v) is 2.72. The average Bonchev–Trinajstić information content (AvgIpc) is 2.58. The molecular formula is C18H27FN4O2. The summed E-state index contributed by atoms with van der Waals surface area (Å²) in [6.45, 7) is 6.87. The number of nitrogens with one attached hydrogen (secondary N) is 1. The molecule has 1 aliphatic rings. The monoisotopic (exact) mass is 350 g/mol. The maximum absolute atomic E-state index is 13.6. The highest BCUT2D eigenvalue weighted by atomic mass is 19.1. The Labute approximate surface area is 148 Å². The van der Waals surface area contributed by atoms with Gasteiger partial charge in [-0.05, 0) is 31.5 Å². The van der Waals surface area contributed by atoms with Gasteiger partial charge < -0.3 is 10.2 Å². The van der Waals surface area contributed by atoms with Crippen LogP contribution in [0.15, 0.2) is 18.2 Å². The van der Waals surface area contributed by atoms with Gasteiger partial charge in [-0.25, -0.2) is 4.39 Å². The van der Waals surface area contributed by atoms with Gasteiger partial charge in [-0.2, -0.15) is 0 Å². The first-order chi connectivity index (χ1) is 11.8. The van der Waals surface area contributed by atoms with Gasteiger partial charge in [0, 0.05) is 46.0 Å². The summed E-state index contributed by atoms with van der Waals surface area (Å²) in [7, 11) is 3.50. The van der Waals surface area contributed by atoms with E-state index in [1.807, 2.05) is 6.92 Å². The van der Waals surface area contributed by atoms with Crippen LogP contribution in [0.1, 0.15) is 12.5 Å². The van der Waals surface area contributed by atoms with Crippen molar-refractivity contribution in [2.24, 2.45) is 0 Å². The Morgan fingerprint density at radius 2 is 1.88 bits per heavy atom. The van der Waals surface area contributed by atoms with Gasteiger partial charge in [-0.15, -0.1) is 0 Å². The van der Waals surface area contributed by atoms with E-state index in [0.29, 0.717) is 17.8 Å². The predicted molar refractivity (Wildman–Crippen MR) is 95.9 cm³/mol. The SMILES string of the molecule is Cc1ccc(NC(=O)C(C)N2CCN(CC(=O)N(C)C)CC2)cc1F. The minimum atomic E-state index is -0.329. The van der Waals surface area contributed by atoms with Gasteiger partial charge in [-0.1, -0.05) is 6.07 Å². The van der Waals surface area contributed by atoms with Crippen LogP contribution in [0.2, 0.25) is 0 Å². The number of halogens is 1. The normalized spacial score (nSPS) is 17.2. The summed E-state index contributed by atoms with van der Waals surface area (Å²) in [6, 6.07) is 4.38. The van der Waals surface area contributed by atoms with E-state index in [2.05, 4.69) is 15.1 Å². The maximum atomic E-state index is 13.6. The molecule has 1 aliphatic heterocycles. The number of aryl methyl sites for hydroxylation is 1. The first-order valence-electron chi connectivity index (χ1n) is 8.51. The molecule has 1 fully saturated rings. The molecule has 25 heavy (non-hydrogen) atoms. The molecule has 6 nitrogen and oxygen atoms in total. The summed E-state index contributed by atoms with van der Waals surface area (Å²) in [4.78, 5) is 29.9. The summed E-state index contributed by atoms with van der Waals surface area (Å²) in [5.74, 6) is -0.397. The Hall–Kier alpha value is -1.99. The zero-order valence-corrected chi connectivity index (χ0v) is 15.4. The number of hydrogen-bond donors (Lipinski definition) is 1. The number of benzene rings is 1. The summed E-state index contributed by atoms with van der Waals surface area (Å²) < 4.78 is 13.6. The van der Waals surface area contributed by atoms with Crippen LogP contribution in [0.4, 0.5) is 10.1 Å². The van der Waals surface area contributed by atoms with Crippen molar-refractivity contribution in [3.05, 3.63) is 29.6 Å². The third-order valence-corrected chi connectivity index (χ3v) is 4.63. The number of anilines is 1. The quantitative estimate of drug-likeness (QED) is 0.866. The highest BCUT2D eigenvalue weighted by Gasteiger charge is 2.26. The molecule has 138 valence electrons. The second kappa shape index (κ2) is 8.40. The molecule has 0 saturated carbocycles. The van der Waals surface area contributed by atoms with Gasteiger partial charge in [0.2, 0.25) is 11.8 Å². The van der Waals surface area contributed by atoms with E-state index in [0.717, 1.165) is 26.2 Å². The molecule has 1 aromatic carbocycles. The fraction of sp³-hybridized carbons (Fsp3) is 0.556. The van der Waals surface area contributed by atoms with Crippen molar-refractivity contribution >= 4 is 17.5 Å². The van der Waals surface area contributed by atoms with Crippen LogP contribution < -0.4 is 5.32 Å². The minimum Gasteiger partial charge on any atom is -0.348 e. The van der Waals surface area contributed by atoms with Crippen molar-refractivity contribution in [1.82, 2.24) is 14.7 Å². The van der Waals surface area contributed by atoms with Crippen LogP contribution >= 0.6 is 0 Å². The number of piperazine rings is 1. The van der Waals surface area contributed by atoms with Crippen LogP contribution in [0.25, 0.3) is 0 Å². The zero-order valence-electron chi connectivity index (χ0n) is 15.4. The molecule has 0 spiro atoms. The molecule has 1 unspecified atom stereocenters. The summed E-state index contributed by atoms with van der Waals surface area (Å²) in [6.07, 6.45) is 0. The highest BCUT2D eigenvalue weighted by Crippen LogP contribution is 2.15. The smallest absolute Gasteiger partial charge is 0.241 e. The van der Waals surface area contributed by atoms with E-state index in [9.17, 15) is 14.0 Å². The lowest BCUT2D eigenvalue weighted by molar-refractivity contribution is -0.131. The number of rotatable bonds is 5. The molecule has 7 heteroatoms. The van der Waals surface area contributed by atoms with Crippen molar-refractivity contribution in [1.29, 1.82) is 0 Å². The molecule has 1 atom stereocenters. The van der Waals surface area contributed by atoms with Gasteiger partial charge in [0.05, 0.1) is 12.6 Å². The molecular weight excluding hydrogens is 323 g/mol. The van der Waals surface area contributed by atoms with Crippen LogP contribution in [-0.2, 0) is 9.59 Å². The third kappa shape index (κ3) is 5.24. The number of carbonyl (C=O) groups excluding carboxylic acids is 2. The van der Waals surface area contributed by atoms with Crippen LogP contribution in [0.5, 0.6) is 0 Å². The second-order valence-corrected chi connectivity index (χ2v) is 6.73. The van der Waals surface area contributed by atoms with Crippen LogP contribution in [-0.4, -0.2) is 79.4 Å². The minimum absolute atomic E-state index is 0.0839. The predicted octanol–water partition coefficient (Wildman–Crippen LogP) is 1.17. The number of likely N-dealkylation sites (N-methyl/N-ethyl adjacent to an activating group) is 1. The Bertz CT molecular complexity index is 628. The Balaban J connectivity index is 1.84. The standard InChI is InChI=1S/C18H27FN4O2/c1-13-5-6-15(11-16(13)19)20-18(25)14(2)23-9-7-22(8-10-23)12-17(24)21(3)4/h5-6,11,14H,7-10,12H2,1-4H3,(H,20,25). The van der Waals surface area contributed by atoms with Crippen LogP contribution in [0.3, 0.4) is 0 Å². The summed E-state index contributed by atoms with van der Waals surface area (Å²) >= 11 is 0. The molecule has 1 heterocycles. The average molecular weight is 350 g/mol.